The highest BCUT2D eigenvalue weighted by Gasteiger charge is 2.19. The lowest BCUT2D eigenvalue weighted by molar-refractivity contribution is 0.328. The van der Waals surface area contributed by atoms with Gasteiger partial charge in [0.05, 0.1) is 18.8 Å². The maximum atomic E-state index is 8.42. The fraction of sp³-hybridized carbons (Fsp3) is 0.227. The molecule has 5 aromatic heterocycles. The van der Waals surface area contributed by atoms with Crippen LogP contribution in [0.4, 0.5) is 11.6 Å². The van der Waals surface area contributed by atoms with Gasteiger partial charge in [-0.2, -0.15) is 5.10 Å². The summed E-state index contributed by atoms with van der Waals surface area (Å²) in [5.41, 5.74) is 12.0. The molecular weight excluding hydrogens is 448 g/mol. The zero-order valence-electron chi connectivity index (χ0n) is 19.4. The Morgan fingerprint density at radius 1 is 1.14 bits per heavy atom. The van der Waals surface area contributed by atoms with Crippen LogP contribution in [0.15, 0.2) is 54.3 Å². The summed E-state index contributed by atoms with van der Waals surface area (Å²) in [7, 11) is 3.77. The van der Waals surface area contributed by atoms with E-state index in [1.807, 2.05) is 50.2 Å². The second-order valence-corrected chi connectivity index (χ2v) is 7.79. The van der Waals surface area contributed by atoms with Gasteiger partial charge in [-0.1, -0.05) is 5.11 Å². The summed E-state index contributed by atoms with van der Waals surface area (Å²) in [5, 5.41) is 16.1. The van der Waals surface area contributed by atoms with Gasteiger partial charge in [0, 0.05) is 61.6 Å². The first-order chi connectivity index (χ1) is 17.0. The van der Waals surface area contributed by atoms with Crippen LogP contribution in [-0.2, 0) is 14.1 Å². The summed E-state index contributed by atoms with van der Waals surface area (Å²) in [5.74, 6) is 2.78. The SMILES string of the molecule is Cc1c(-c2ccn(C)n2)cn2nc(-c3nccn3C)nc(Nc3cc(OCCN=[N+]=[N-])ccn3)c12. The van der Waals surface area contributed by atoms with Gasteiger partial charge in [-0.25, -0.2) is 19.5 Å². The van der Waals surface area contributed by atoms with Crippen molar-refractivity contribution in [3.8, 4) is 28.7 Å². The van der Waals surface area contributed by atoms with Gasteiger partial charge in [-0.15, -0.1) is 5.10 Å². The summed E-state index contributed by atoms with van der Waals surface area (Å²) >= 11 is 0. The number of aryl methyl sites for hydroxylation is 3. The van der Waals surface area contributed by atoms with Crippen molar-refractivity contribution in [1.82, 2.24) is 38.9 Å². The van der Waals surface area contributed by atoms with Gasteiger partial charge >= 0.3 is 0 Å². The van der Waals surface area contributed by atoms with E-state index >= 15 is 0 Å². The molecule has 5 rings (SSSR count). The lowest BCUT2D eigenvalue weighted by Crippen LogP contribution is -2.07. The number of imidazole rings is 1. The molecule has 0 unspecified atom stereocenters. The van der Waals surface area contributed by atoms with Gasteiger partial charge in [-0.05, 0) is 30.2 Å². The average Bonchev–Trinajstić information content (AvgIpc) is 3.55. The Hall–Kier alpha value is -4.90. The van der Waals surface area contributed by atoms with Crippen LogP contribution in [0.2, 0.25) is 0 Å². The van der Waals surface area contributed by atoms with Crippen LogP contribution in [0.1, 0.15) is 5.56 Å². The summed E-state index contributed by atoms with van der Waals surface area (Å²) in [6.45, 7) is 2.51. The zero-order chi connectivity index (χ0) is 24.4. The van der Waals surface area contributed by atoms with Gasteiger partial charge in [0.25, 0.3) is 0 Å². The first-order valence-electron chi connectivity index (χ1n) is 10.8. The van der Waals surface area contributed by atoms with Gasteiger partial charge in [-0.3, -0.25) is 4.68 Å². The monoisotopic (exact) mass is 470 g/mol. The minimum absolute atomic E-state index is 0.237. The quantitative estimate of drug-likeness (QED) is 0.157. The molecule has 0 aliphatic carbocycles. The van der Waals surface area contributed by atoms with Gasteiger partial charge < -0.3 is 14.6 Å². The number of pyridine rings is 1. The summed E-state index contributed by atoms with van der Waals surface area (Å²) in [6.07, 6.45) is 9.02. The maximum absolute atomic E-state index is 8.42. The molecule has 0 amide bonds. The second-order valence-electron chi connectivity index (χ2n) is 7.79. The highest BCUT2D eigenvalue weighted by atomic mass is 16.5. The smallest absolute Gasteiger partial charge is 0.218 e. The molecule has 176 valence electrons. The third-order valence-corrected chi connectivity index (χ3v) is 5.40. The predicted octanol–water partition coefficient (Wildman–Crippen LogP) is 3.67. The summed E-state index contributed by atoms with van der Waals surface area (Å²) < 4.78 is 11.1. The number of fused-ring (bicyclic) bond motifs is 1. The van der Waals surface area contributed by atoms with Crippen molar-refractivity contribution >= 4 is 17.2 Å². The van der Waals surface area contributed by atoms with E-state index in [0.29, 0.717) is 29.0 Å². The number of hydrogen-bond acceptors (Lipinski definition) is 8. The molecule has 0 spiro atoms. The highest BCUT2D eigenvalue weighted by Crippen LogP contribution is 2.32. The molecule has 5 aromatic rings. The van der Waals surface area contributed by atoms with E-state index in [9.17, 15) is 0 Å². The highest BCUT2D eigenvalue weighted by molar-refractivity contribution is 5.84. The average molecular weight is 471 g/mol. The molecule has 0 aliphatic rings. The van der Waals surface area contributed by atoms with Crippen molar-refractivity contribution in [2.75, 3.05) is 18.5 Å². The number of nitrogens with zero attached hydrogens (tertiary/aromatic N) is 11. The summed E-state index contributed by atoms with van der Waals surface area (Å²) in [4.78, 5) is 16.4. The molecule has 0 aromatic carbocycles. The van der Waals surface area contributed by atoms with Crippen molar-refractivity contribution in [1.29, 1.82) is 0 Å². The first kappa shape index (κ1) is 21.9. The Morgan fingerprint density at radius 2 is 2.03 bits per heavy atom. The lowest BCUT2D eigenvalue weighted by atomic mass is 10.1. The Balaban J connectivity index is 1.58. The predicted molar refractivity (Wildman–Crippen MR) is 129 cm³/mol. The number of aromatic nitrogens is 8. The number of nitrogens with one attached hydrogen (secondary N) is 1. The van der Waals surface area contributed by atoms with Crippen molar-refractivity contribution in [3.05, 3.63) is 65.2 Å². The van der Waals surface area contributed by atoms with Crippen LogP contribution < -0.4 is 10.1 Å². The van der Waals surface area contributed by atoms with E-state index in [0.717, 1.165) is 22.3 Å². The molecule has 35 heavy (non-hydrogen) atoms. The van der Waals surface area contributed by atoms with Gasteiger partial charge in [0.2, 0.25) is 5.82 Å². The Labute approximate surface area is 199 Å². The van der Waals surface area contributed by atoms with Gasteiger partial charge in [0.1, 0.15) is 17.1 Å². The van der Waals surface area contributed by atoms with Crippen LogP contribution >= 0.6 is 0 Å². The molecule has 0 atom stereocenters. The molecule has 13 nitrogen and oxygen atoms in total. The Kier molecular flexibility index (Phi) is 5.73. The molecule has 0 aliphatic heterocycles. The molecule has 0 radical (unpaired) electrons. The van der Waals surface area contributed by atoms with Crippen LogP contribution in [-0.4, -0.2) is 52.1 Å². The van der Waals surface area contributed by atoms with Crippen molar-refractivity contribution < 1.29 is 4.74 Å². The zero-order valence-corrected chi connectivity index (χ0v) is 19.4. The molecule has 0 fully saturated rings. The third kappa shape index (κ3) is 4.35. The van der Waals surface area contributed by atoms with E-state index in [1.165, 1.54) is 0 Å². The van der Waals surface area contributed by atoms with Crippen LogP contribution in [0, 0.1) is 6.92 Å². The molecular formula is C22H22N12O. The van der Waals surface area contributed by atoms with Crippen molar-refractivity contribution in [2.24, 2.45) is 19.2 Å². The third-order valence-electron chi connectivity index (χ3n) is 5.40. The Bertz CT molecular complexity index is 1560. The minimum atomic E-state index is 0.237. The normalized spacial score (nSPS) is 10.9. The maximum Gasteiger partial charge on any atom is 0.218 e. The minimum Gasteiger partial charge on any atom is -0.493 e. The number of anilines is 2. The molecule has 0 bridgehead atoms. The topological polar surface area (TPSA) is 149 Å². The first-order valence-corrected chi connectivity index (χ1v) is 10.8. The number of rotatable bonds is 8. The second kappa shape index (κ2) is 9.15. The van der Waals surface area contributed by atoms with Crippen molar-refractivity contribution in [3.63, 3.8) is 0 Å². The van der Waals surface area contributed by atoms with Crippen LogP contribution in [0.3, 0.4) is 0 Å². The van der Waals surface area contributed by atoms with E-state index in [-0.39, 0.29) is 13.2 Å². The van der Waals surface area contributed by atoms with E-state index in [1.54, 1.807) is 33.7 Å². The Morgan fingerprint density at radius 3 is 2.77 bits per heavy atom. The molecule has 5 heterocycles. The van der Waals surface area contributed by atoms with Crippen LogP contribution in [0.5, 0.6) is 5.75 Å². The standard InChI is InChI=1S/C22H22N12O/c1-14-16(17-5-9-33(3)29-17)13-34-19(14)20(28-21(30-34)22-25-7-10-32(22)2)27-18-12-15(4-6-24-18)35-11-8-26-31-23/h4-7,9-10,12-13H,8,11H2,1-3H3,(H,24,27,28,30). The van der Waals surface area contributed by atoms with Crippen LogP contribution in [0.25, 0.3) is 38.9 Å². The van der Waals surface area contributed by atoms with Gasteiger partial charge in [0.15, 0.2) is 11.6 Å². The van der Waals surface area contributed by atoms with E-state index in [2.05, 4.69) is 30.4 Å². The number of azide groups is 1. The number of hydrogen-bond donors (Lipinski definition) is 1. The largest absolute Gasteiger partial charge is 0.493 e. The van der Waals surface area contributed by atoms with Crippen molar-refractivity contribution in [2.45, 2.75) is 6.92 Å². The lowest BCUT2D eigenvalue weighted by Gasteiger charge is -2.11. The fourth-order valence-corrected chi connectivity index (χ4v) is 3.75. The fourth-order valence-electron chi connectivity index (χ4n) is 3.75. The molecule has 0 saturated carbocycles. The summed E-state index contributed by atoms with van der Waals surface area (Å²) in [6, 6.07) is 5.45. The molecule has 1 N–H and O–H groups in total. The molecule has 13 heteroatoms. The number of ether oxygens (including phenoxy) is 1. The van der Waals surface area contributed by atoms with E-state index < -0.39 is 0 Å². The molecule has 0 saturated heterocycles. The van der Waals surface area contributed by atoms with E-state index in [4.69, 9.17) is 20.4 Å².